The molecule has 0 aromatic rings. The van der Waals surface area contributed by atoms with Crippen LogP contribution >= 0.6 is 0 Å². The molecule has 0 saturated carbocycles. The van der Waals surface area contributed by atoms with Crippen LogP contribution in [0.15, 0.2) is 0 Å². The number of carbonyl (C=O) groups excluding carboxylic acids is 1. The number of carboxylic acid groups (broad SMARTS) is 1. The van der Waals surface area contributed by atoms with Crippen molar-refractivity contribution in [1.82, 2.24) is 5.32 Å². The summed E-state index contributed by atoms with van der Waals surface area (Å²) in [7, 11) is 0. The maximum absolute atomic E-state index is 12.2. The molecule has 5 saturated heterocycles. The Balaban J connectivity index is 1.62. The third kappa shape index (κ3) is 11.8. The highest BCUT2D eigenvalue weighted by atomic mass is 16.8. The van der Waals surface area contributed by atoms with Crippen molar-refractivity contribution in [2.45, 2.75) is 179 Å². The Bertz CT molecular complexity index is 1590. The van der Waals surface area contributed by atoms with Gasteiger partial charge in [-0.05, 0) is 0 Å². The number of ether oxygens (including phenoxy) is 9. The molecule has 5 aliphatic heterocycles. The number of hydrogen-bond donors (Lipinski definition) is 20. The number of amides is 1. The molecule has 5 aliphatic rings. The van der Waals surface area contributed by atoms with Gasteiger partial charge in [0.1, 0.15) is 128 Å². The first kappa shape index (κ1) is 55.8. The van der Waals surface area contributed by atoms with Gasteiger partial charge in [0.25, 0.3) is 5.79 Å². The predicted molar refractivity (Wildman–Crippen MR) is 201 cm³/mol. The third-order valence-corrected chi connectivity index (χ3v) is 12.0. The van der Waals surface area contributed by atoms with Gasteiger partial charge >= 0.3 is 5.97 Å². The van der Waals surface area contributed by atoms with Crippen LogP contribution in [0.2, 0.25) is 0 Å². The Morgan fingerprint density at radius 2 is 1.03 bits per heavy atom. The number of aliphatic hydroxyl groups excluding tert-OH is 17. The first-order valence-corrected chi connectivity index (χ1v) is 20.8. The van der Waals surface area contributed by atoms with E-state index in [4.69, 9.17) is 42.6 Å². The molecule has 31 heteroatoms. The van der Waals surface area contributed by atoms with Gasteiger partial charge in [-0.15, -0.1) is 0 Å². The highest BCUT2D eigenvalue weighted by Gasteiger charge is 2.60. The van der Waals surface area contributed by atoms with E-state index in [1.54, 1.807) is 0 Å². The number of aliphatic hydroxyl groups is 18. The van der Waals surface area contributed by atoms with Crippen LogP contribution in [0.1, 0.15) is 13.3 Å². The van der Waals surface area contributed by atoms with E-state index in [-0.39, 0.29) is 0 Å². The summed E-state index contributed by atoms with van der Waals surface area (Å²) >= 11 is 0. The van der Waals surface area contributed by atoms with Gasteiger partial charge < -0.3 is 145 Å². The van der Waals surface area contributed by atoms with Gasteiger partial charge in [-0.25, -0.2) is 4.79 Å². The molecule has 0 aliphatic carbocycles. The van der Waals surface area contributed by atoms with E-state index in [0.717, 1.165) is 6.92 Å². The number of carboxylic acids is 1. The SMILES string of the molecule is CC(=O)N[C@H]1[C@@H](O[C@@H]2[C@@H](O[C@@H]3[C@H](O)[C@@H](O[C@H]4[C@@H]([C@H](O)CO)OC(O)(C(=O)O)C[C@H]4O)O[C@H]([C@@H](O)CO)[C@H]3O[C@@H]3O[C@H](CO)[C@@H](O)[C@H](O)[C@H]3O)O[C@H]([C@@H](O)CO)[C@@H](O)[C@@H]2O)O[C@H](CO)[C@@H](O)[C@@H]1O. The van der Waals surface area contributed by atoms with Gasteiger partial charge in [0, 0.05) is 13.3 Å². The third-order valence-electron chi connectivity index (χ3n) is 12.0. The average molecular weight is 988 g/mol. The summed E-state index contributed by atoms with van der Waals surface area (Å²) in [4.78, 5) is 24.1. The van der Waals surface area contributed by atoms with Crippen LogP contribution < -0.4 is 5.32 Å². The van der Waals surface area contributed by atoms with Crippen molar-refractivity contribution in [2.24, 2.45) is 0 Å². The lowest BCUT2D eigenvalue weighted by Crippen LogP contribution is -2.71. The second-order valence-corrected chi connectivity index (χ2v) is 16.6. The molecule has 67 heavy (non-hydrogen) atoms. The number of carbonyl (C=O) groups is 2. The normalized spacial score (nSPS) is 47.7. The maximum atomic E-state index is 12.2. The molecule has 0 radical (unpaired) electrons. The zero-order valence-electron chi connectivity index (χ0n) is 35.2. The van der Waals surface area contributed by atoms with Crippen LogP contribution in [0.3, 0.4) is 0 Å². The Kier molecular flexibility index (Phi) is 19.5. The number of hydrogen-bond acceptors (Lipinski definition) is 29. The van der Waals surface area contributed by atoms with Crippen molar-refractivity contribution >= 4 is 11.9 Å². The van der Waals surface area contributed by atoms with Crippen molar-refractivity contribution in [3.63, 3.8) is 0 Å². The fourth-order valence-electron chi connectivity index (χ4n) is 8.28. The van der Waals surface area contributed by atoms with Crippen LogP contribution in [-0.4, -0.2) is 307 Å². The average Bonchev–Trinajstić information content (AvgIpc) is 3.29. The molecule has 5 heterocycles. The number of aliphatic carboxylic acids is 1. The summed E-state index contributed by atoms with van der Waals surface area (Å²) < 4.78 is 51.5. The minimum Gasteiger partial charge on any atom is -0.477 e. The van der Waals surface area contributed by atoms with Crippen molar-refractivity contribution < 1.29 is 149 Å². The zero-order valence-corrected chi connectivity index (χ0v) is 35.2. The van der Waals surface area contributed by atoms with Crippen molar-refractivity contribution in [3.8, 4) is 0 Å². The molecule has 0 bridgehead atoms. The fraction of sp³-hybridized carbons (Fsp3) is 0.944. The second kappa shape index (κ2) is 23.4. The summed E-state index contributed by atoms with van der Waals surface area (Å²) in [5.74, 6) is -6.09. The first-order valence-electron chi connectivity index (χ1n) is 20.8. The topological polar surface area (TPSA) is 514 Å². The van der Waals surface area contributed by atoms with E-state index in [9.17, 15) is 107 Å². The van der Waals surface area contributed by atoms with E-state index < -0.39 is 217 Å². The van der Waals surface area contributed by atoms with Crippen molar-refractivity contribution in [2.75, 3.05) is 33.0 Å². The molecule has 27 atom stereocenters. The van der Waals surface area contributed by atoms with Gasteiger partial charge in [-0.3, -0.25) is 4.79 Å². The van der Waals surface area contributed by atoms with E-state index >= 15 is 0 Å². The lowest BCUT2D eigenvalue weighted by molar-refractivity contribution is -0.411. The Morgan fingerprint density at radius 3 is 1.58 bits per heavy atom. The van der Waals surface area contributed by atoms with Gasteiger partial charge in [-0.1, -0.05) is 0 Å². The van der Waals surface area contributed by atoms with Crippen molar-refractivity contribution in [3.05, 3.63) is 0 Å². The molecular formula is C36H61NO30. The number of nitrogens with one attached hydrogen (secondary N) is 1. The zero-order chi connectivity index (χ0) is 50.0. The molecule has 390 valence electrons. The van der Waals surface area contributed by atoms with Crippen LogP contribution in [0, 0.1) is 0 Å². The van der Waals surface area contributed by atoms with Gasteiger partial charge in [-0.2, -0.15) is 0 Å². The molecular weight excluding hydrogens is 926 g/mol. The van der Waals surface area contributed by atoms with E-state index in [0.29, 0.717) is 0 Å². The quantitative estimate of drug-likeness (QED) is 0.0606. The Hall–Kier alpha value is -2.14. The molecule has 0 aromatic carbocycles. The maximum Gasteiger partial charge on any atom is 0.364 e. The summed E-state index contributed by atoms with van der Waals surface area (Å²) in [6.45, 7) is -4.63. The van der Waals surface area contributed by atoms with Crippen molar-refractivity contribution in [1.29, 1.82) is 0 Å². The molecule has 5 rings (SSSR count). The lowest BCUT2D eigenvalue weighted by Gasteiger charge is -2.52. The van der Waals surface area contributed by atoms with Gasteiger partial charge in [0.2, 0.25) is 5.91 Å². The fourth-order valence-corrected chi connectivity index (χ4v) is 8.28. The first-order chi connectivity index (χ1) is 31.5. The molecule has 5 fully saturated rings. The second-order valence-electron chi connectivity index (χ2n) is 16.6. The highest BCUT2D eigenvalue weighted by molar-refractivity contribution is 5.75. The standard InChI is InChI=1S/C36H61NO30/c1-8(43)37-15-18(50)16(48)13(6-41)59-31(15)65-29-21(53)20(52)24(10(45)3-38)61-34(29)64-28-23(55)33(62-25-9(44)2-36(58,35(56)57)67-27(25)12(47)5-40)63-26(11(46)4-39)30(28)66-32-22(54)19(51)17(49)14(7-42)60-32/h9-34,38-42,44-55,58H,2-7H2,1H3,(H,37,43)(H,56,57)/t9-,10+,11+,12-,13-,14-,15-,16-,17-,18-,19+,20+,21+,22-,23+,24-,25-,26-,27-,28-,29+,30-,31-,32+,33+,34-,36?/m1/s1. The minimum atomic E-state index is -3.20. The van der Waals surface area contributed by atoms with Crippen LogP contribution in [-0.2, 0) is 52.2 Å². The summed E-state index contributed by atoms with van der Waals surface area (Å²) in [6.07, 6.45) is -54.6. The Labute approximate surface area is 377 Å². The molecule has 1 unspecified atom stereocenters. The van der Waals surface area contributed by atoms with Crippen LogP contribution in [0.4, 0.5) is 0 Å². The number of rotatable bonds is 18. The molecule has 31 nitrogen and oxygen atoms in total. The largest absolute Gasteiger partial charge is 0.477 e. The van der Waals surface area contributed by atoms with Crippen LogP contribution in [0.5, 0.6) is 0 Å². The van der Waals surface area contributed by atoms with Gasteiger partial charge in [0.15, 0.2) is 25.2 Å². The molecule has 0 spiro atoms. The predicted octanol–water partition coefficient (Wildman–Crippen LogP) is -13.2. The van der Waals surface area contributed by atoms with Gasteiger partial charge in [0.05, 0.1) is 39.1 Å². The molecule has 0 aromatic heterocycles. The molecule has 20 N–H and O–H groups in total. The Morgan fingerprint density at radius 1 is 0.552 bits per heavy atom. The monoisotopic (exact) mass is 987 g/mol. The minimum absolute atomic E-state index is 0.844. The van der Waals surface area contributed by atoms with E-state index in [1.807, 2.05) is 0 Å². The summed E-state index contributed by atoms with van der Waals surface area (Å²) in [6, 6.07) is -1.75. The summed E-state index contributed by atoms with van der Waals surface area (Å²) in [5.41, 5.74) is 0. The van der Waals surface area contributed by atoms with E-state index in [1.165, 1.54) is 0 Å². The van der Waals surface area contributed by atoms with E-state index in [2.05, 4.69) is 5.32 Å². The molecule has 1 amide bonds. The smallest absolute Gasteiger partial charge is 0.364 e. The van der Waals surface area contributed by atoms with Crippen LogP contribution in [0.25, 0.3) is 0 Å². The highest BCUT2D eigenvalue weighted by Crippen LogP contribution is 2.39. The lowest BCUT2D eigenvalue weighted by atomic mass is 9.91. The summed E-state index contributed by atoms with van der Waals surface area (Å²) in [5, 5.41) is 204.